The van der Waals surface area contributed by atoms with Crippen molar-refractivity contribution in [3.63, 3.8) is 0 Å². The van der Waals surface area contributed by atoms with Crippen LogP contribution in [0.15, 0.2) is 24.3 Å². The van der Waals surface area contributed by atoms with E-state index >= 15 is 0 Å². The van der Waals surface area contributed by atoms with Crippen molar-refractivity contribution in [2.24, 2.45) is 5.41 Å². The number of nitriles is 1. The number of carbonyl (C=O) groups excluding carboxylic acids is 1. The van der Waals surface area contributed by atoms with E-state index in [4.69, 9.17) is 10.4 Å². The molecule has 0 saturated heterocycles. The Morgan fingerprint density at radius 2 is 2.14 bits per heavy atom. The van der Waals surface area contributed by atoms with Crippen LogP contribution in [0.3, 0.4) is 0 Å². The Morgan fingerprint density at radius 1 is 1.38 bits per heavy atom. The molecular weight excluding hydrogens is 266 g/mol. The van der Waals surface area contributed by atoms with Crippen LogP contribution in [0.1, 0.15) is 37.0 Å². The van der Waals surface area contributed by atoms with Gasteiger partial charge in [0.2, 0.25) is 0 Å². The summed E-state index contributed by atoms with van der Waals surface area (Å²) in [4.78, 5) is 11.8. The zero-order valence-corrected chi connectivity index (χ0v) is 12.6. The van der Waals surface area contributed by atoms with Crippen molar-refractivity contribution >= 4 is 11.6 Å². The minimum Gasteiger partial charge on any atom is -0.395 e. The highest BCUT2D eigenvalue weighted by Crippen LogP contribution is 2.20. The number of anilines is 1. The lowest BCUT2D eigenvalue weighted by atomic mass is 9.90. The number of amides is 1. The number of nitrogens with zero attached hydrogens (tertiary/aromatic N) is 1. The van der Waals surface area contributed by atoms with Crippen LogP contribution in [0.4, 0.5) is 5.69 Å². The first-order valence-corrected chi connectivity index (χ1v) is 7.13. The molecule has 0 fully saturated rings. The monoisotopic (exact) mass is 289 g/mol. The van der Waals surface area contributed by atoms with Crippen LogP contribution in [-0.2, 0) is 0 Å². The van der Waals surface area contributed by atoms with Crippen LogP contribution < -0.4 is 10.6 Å². The molecule has 0 aliphatic rings. The van der Waals surface area contributed by atoms with Gasteiger partial charge in [0.05, 0.1) is 18.1 Å². The van der Waals surface area contributed by atoms with Crippen molar-refractivity contribution < 1.29 is 9.90 Å². The number of carbonyl (C=O) groups is 1. The summed E-state index contributed by atoms with van der Waals surface area (Å²) in [7, 11) is 0. The van der Waals surface area contributed by atoms with Crippen LogP contribution in [0.5, 0.6) is 0 Å². The lowest BCUT2D eigenvalue weighted by Crippen LogP contribution is -2.26. The second-order valence-corrected chi connectivity index (χ2v) is 5.59. The van der Waals surface area contributed by atoms with Gasteiger partial charge >= 0.3 is 0 Å². The van der Waals surface area contributed by atoms with Crippen LogP contribution in [0, 0.1) is 16.7 Å². The number of hydrogen-bond acceptors (Lipinski definition) is 4. The van der Waals surface area contributed by atoms with Crippen molar-refractivity contribution in [3.8, 4) is 6.07 Å². The summed E-state index contributed by atoms with van der Waals surface area (Å²) in [5.41, 5.74) is 1.14. The fourth-order valence-electron chi connectivity index (χ4n) is 1.86. The molecule has 0 bridgehead atoms. The molecular formula is C16H23N3O2. The number of rotatable bonds is 8. The van der Waals surface area contributed by atoms with E-state index in [1.54, 1.807) is 12.1 Å². The van der Waals surface area contributed by atoms with Crippen LogP contribution in [0.2, 0.25) is 0 Å². The Labute approximate surface area is 126 Å². The molecule has 0 spiro atoms. The maximum Gasteiger partial charge on any atom is 0.251 e. The molecule has 0 saturated carbocycles. The van der Waals surface area contributed by atoms with Crippen LogP contribution in [-0.4, -0.2) is 30.7 Å². The van der Waals surface area contributed by atoms with Gasteiger partial charge in [-0.1, -0.05) is 6.07 Å². The largest absolute Gasteiger partial charge is 0.395 e. The quantitative estimate of drug-likeness (QED) is 0.640. The number of aliphatic hydroxyl groups excluding tert-OH is 1. The Bertz CT molecular complexity index is 506. The maximum absolute atomic E-state index is 11.8. The minimum absolute atomic E-state index is 0.0711. The molecule has 0 aliphatic heterocycles. The molecule has 1 aromatic rings. The summed E-state index contributed by atoms with van der Waals surface area (Å²) in [6.07, 6.45) is 1.72. The molecule has 0 aliphatic carbocycles. The fourth-order valence-corrected chi connectivity index (χ4v) is 1.86. The van der Waals surface area contributed by atoms with Crippen molar-refractivity contribution in [1.82, 2.24) is 5.32 Å². The van der Waals surface area contributed by atoms with Gasteiger partial charge in [0.15, 0.2) is 0 Å². The molecule has 1 amide bonds. The third kappa shape index (κ3) is 6.28. The van der Waals surface area contributed by atoms with E-state index in [0.29, 0.717) is 5.56 Å². The van der Waals surface area contributed by atoms with E-state index in [9.17, 15) is 4.79 Å². The van der Waals surface area contributed by atoms with Crippen molar-refractivity contribution in [2.45, 2.75) is 26.7 Å². The number of nitrogens with one attached hydrogen (secondary N) is 2. The predicted octanol–water partition coefficient (Wildman–Crippen LogP) is 2.15. The zero-order chi connectivity index (χ0) is 15.7. The van der Waals surface area contributed by atoms with E-state index in [0.717, 1.165) is 25.1 Å². The SMILES string of the molecule is CC(C)(C#N)CCCNc1cccc(C(=O)NCCO)c1. The maximum atomic E-state index is 11.8. The Morgan fingerprint density at radius 3 is 2.81 bits per heavy atom. The van der Waals surface area contributed by atoms with Gasteiger partial charge in [0, 0.05) is 24.3 Å². The van der Waals surface area contributed by atoms with Gasteiger partial charge in [0.1, 0.15) is 0 Å². The van der Waals surface area contributed by atoms with E-state index in [1.807, 2.05) is 26.0 Å². The van der Waals surface area contributed by atoms with Gasteiger partial charge in [-0.2, -0.15) is 5.26 Å². The Balaban J connectivity index is 2.46. The minimum atomic E-state index is -0.298. The standard InChI is InChI=1S/C16H23N3O2/c1-16(2,12-17)7-4-8-18-14-6-3-5-13(11-14)15(21)19-9-10-20/h3,5-6,11,18,20H,4,7-10H2,1-2H3,(H,19,21). The van der Waals surface area contributed by atoms with E-state index in [-0.39, 0.29) is 24.5 Å². The van der Waals surface area contributed by atoms with E-state index in [2.05, 4.69) is 16.7 Å². The number of aliphatic hydroxyl groups is 1. The van der Waals surface area contributed by atoms with Gasteiger partial charge in [-0.05, 0) is 44.9 Å². The molecule has 0 radical (unpaired) electrons. The first kappa shape index (κ1) is 17.0. The second-order valence-electron chi connectivity index (χ2n) is 5.59. The molecule has 0 atom stereocenters. The summed E-state index contributed by atoms with van der Waals surface area (Å²) >= 11 is 0. The van der Waals surface area contributed by atoms with Crippen molar-refractivity contribution in [1.29, 1.82) is 5.26 Å². The fraction of sp³-hybridized carbons (Fsp3) is 0.500. The molecule has 114 valence electrons. The third-order valence-corrected chi connectivity index (χ3v) is 3.13. The topological polar surface area (TPSA) is 85.2 Å². The van der Waals surface area contributed by atoms with Gasteiger partial charge in [-0.3, -0.25) is 4.79 Å². The Hall–Kier alpha value is -2.06. The van der Waals surface area contributed by atoms with Gasteiger partial charge < -0.3 is 15.7 Å². The first-order valence-electron chi connectivity index (χ1n) is 7.13. The summed E-state index contributed by atoms with van der Waals surface area (Å²) in [6.45, 7) is 4.79. The zero-order valence-electron chi connectivity index (χ0n) is 12.6. The molecule has 0 unspecified atom stereocenters. The van der Waals surface area contributed by atoms with Crippen molar-refractivity contribution in [2.75, 3.05) is 25.0 Å². The summed E-state index contributed by atoms with van der Waals surface area (Å²) in [5.74, 6) is -0.196. The third-order valence-electron chi connectivity index (χ3n) is 3.13. The molecule has 0 aromatic heterocycles. The highest BCUT2D eigenvalue weighted by molar-refractivity contribution is 5.95. The highest BCUT2D eigenvalue weighted by atomic mass is 16.3. The molecule has 1 aromatic carbocycles. The van der Waals surface area contributed by atoms with E-state index in [1.165, 1.54) is 0 Å². The average Bonchev–Trinajstić information content (AvgIpc) is 2.49. The average molecular weight is 289 g/mol. The highest BCUT2D eigenvalue weighted by Gasteiger charge is 2.15. The van der Waals surface area contributed by atoms with Crippen LogP contribution in [0.25, 0.3) is 0 Å². The lowest BCUT2D eigenvalue weighted by Gasteiger charge is -2.15. The summed E-state index contributed by atoms with van der Waals surface area (Å²) in [5, 5.41) is 23.5. The van der Waals surface area contributed by atoms with Gasteiger partial charge in [0.25, 0.3) is 5.91 Å². The Kier molecular flexibility index (Phi) is 6.70. The molecule has 1 rings (SSSR count). The predicted molar refractivity (Wildman–Crippen MR) is 83.0 cm³/mol. The molecule has 21 heavy (non-hydrogen) atoms. The summed E-state index contributed by atoms with van der Waals surface area (Å²) < 4.78 is 0. The first-order chi connectivity index (χ1) is 9.98. The number of hydrogen-bond donors (Lipinski definition) is 3. The second kappa shape index (κ2) is 8.28. The molecule has 5 heteroatoms. The van der Waals surface area contributed by atoms with E-state index < -0.39 is 0 Å². The van der Waals surface area contributed by atoms with Crippen molar-refractivity contribution in [3.05, 3.63) is 29.8 Å². The summed E-state index contributed by atoms with van der Waals surface area (Å²) in [6, 6.07) is 9.51. The normalized spacial score (nSPS) is 10.8. The van der Waals surface area contributed by atoms with Crippen LogP contribution >= 0.6 is 0 Å². The van der Waals surface area contributed by atoms with Gasteiger partial charge in [-0.15, -0.1) is 0 Å². The smallest absolute Gasteiger partial charge is 0.251 e. The molecule has 5 nitrogen and oxygen atoms in total. The number of benzene rings is 1. The molecule has 3 N–H and O–H groups in total. The lowest BCUT2D eigenvalue weighted by molar-refractivity contribution is 0.0945. The molecule has 0 heterocycles. The van der Waals surface area contributed by atoms with Gasteiger partial charge in [-0.25, -0.2) is 0 Å².